The third-order valence-electron chi connectivity index (χ3n) is 2.73. The van der Waals surface area contributed by atoms with Crippen molar-refractivity contribution in [1.82, 2.24) is 19.5 Å². The van der Waals surface area contributed by atoms with Crippen LogP contribution in [0.15, 0.2) is 24.7 Å². The third kappa shape index (κ3) is 2.58. The van der Waals surface area contributed by atoms with Crippen molar-refractivity contribution in [1.29, 1.82) is 0 Å². The van der Waals surface area contributed by atoms with Crippen LogP contribution >= 0.6 is 0 Å². The lowest BCUT2D eigenvalue weighted by atomic mass is 10.5. The molecule has 0 spiro atoms. The number of aromatic nitrogens is 4. The molecule has 0 aromatic carbocycles. The SMILES string of the molecule is CN(C)c1ccnc(N(C)Cc2nccn2C)n1. The molecule has 2 heterocycles. The summed E-state index contributed by atoms with van der Waals surface area (Å²) in [6.45, 7) is 0.681. The molecule has 0 saturated carbocycles. The van der Waals surface area contributed by atoms with E-state index in [0.717, 1.165) is 11.6 Å². The monoisotopic (exact) mass is 246 g/mol. The Morgan fingerprint density at radius 3 is 2.56 bits per heavy atom. The third-order valence-corrected chi connectivity index (χ3v) is 2.73. The molecule has 2 aromatic rings. The predicted octanol–water partition coefficient (Wildman–Crippen LogP) is 0.912. The van der Waals surface area contributed by atoms with E-state index in [4.69, 9.17) is 0 Å². The number of nitrogens with zero attached hydrogens (tertiary/aromatic N) is 6. The minimum Gasteiger partial charge on any atom is -0.363 e. The molecule has 2 rings (SSSR count). The topological polar surface area (TPSA) is 50.1 Å². The first-order chi connectivity index (χ1) is 8.58. The molecule has 0 aliphatic carbocycles. The zero-order valence-corrected chi connectivity index (χ0v) is 11.2. The molecular formula is C12H18N6. The van der Waals surface area contributed by atoms with Crippen LogP contribution < -0.4 is 9.80 Å². The van der Waals surface area contributed by atoms with E-state index in [1.165, 1.54) is 0 Å². The molecule has 0 bridgehead atoms. The van der Waals surface area contributed by atoms with Crippen LogP contribution in [-0.2, 0) is 13.6 Å². The number of anilines is 2. The van der Waals surface area contributed by atoms with Gasteiger partial charge >= 0.3 is 0 Å². The molecule has 0 saturated heterocycles. The summed E-state index contributed by atoms with van der Waals surface area (Å²) in [4.78, 5) is 17.0. The maximum absolute atomic E-state index is 4.49. The van der Waals surface area contributed by atoms with E-state index in [-0.39, 0.29) is 0 Å². The Labute approximate surface area is 107 Å². The fraction of sp³-hybridized carbons (Fsp3) is 0.417. The fourth-order valence-electron chi connectivity index (χ4n) is 1.60. The van der Waals surface area contributed by atoms with Crippen LogP contribution in [0.25, 0.3) is 0 Å². The summed E-state index contributed by atoms with van der Waals surface area (Å²) in [7, 11) is 7.87. The van der Waals surface area contributed by atoms with Crippen LogP contribution in [0.4, 0.5) is 11.8 Å². The molecule has 0 unspecified atom stereocenters. The van der Waals surface area contributed by atoms with Gasteiger partial charge in [-0.25, -0.2) is 9.97 Å². The van der Waals surface area contributed by atoms with Gasteiger partial charge in [-0.05, 0) is 6.07 Å². The van der Waals surface area contributed by atoms with E-state index < -0.39 is 0 Å². The Morgan fingerprint density at radius 1 is 1.17 bits per heavy atom. The minimum atomic E-state index is 0.681. The Bertz CT molecular complexity index is 519. The molecule has 6 heteroatoms. The van der Waals surface area contributed by atoms with Gasteiger partial charge in [-0.15, -0.1) is 0 Å². The summed E-state index contributed by atoms with van der Waals surface area (Å²) in [5.41, 5.74) is 0. The Hall–Kier alpha value is -2.11. The Kier molecular flexibility index (Phi) is 3.45. The smallest absolute Gasteiger partial charge is 0.227 e. The van der Waals surface area contributed by atoms with Gasteiger partial charge in [0.1, 0.15) is 11.6 Å². The van der Waals surface area contributed by atoms with Crippen LogP contribution in [0.2, 0.25) is 0 Å². The minimum absolute atomic E-state index is 0.681. The normalized spacial score (nSPS) is 10.4. The lowest BCUT2D eigenvalue weighted by molar-refractivity contribution is 0.746. The van der Waals surface area contributed by atoms with Crippen molar-refractivity contribution < 1.29 is 0 Å². The highest BCUT2D eigenvalue weighted by Crippen LogP contribution is 2.13. The first kappa shape index (κ1) is 12.3. The van der Waals surface area contributed by atoms with Crippen LogP contribution in [0.1, 0.15) is 5.82 Å². The van der Waals surface area contributed by atoms with Gasteiger partial charge in [0, 0.05) is 46.8 Å². The molecule has 2 aromatic heterocycles. The summed E-state index contributed by atoms with van der Waals surface area (Å²) < 4.78 is 1.99. The first-order valence-electron chi connectivity index (χ1n) is 5.75. The van der Waals surface area contributed by atoms with E-state index in [1.54, 1.807) is 12.4 Å². The zero-order valence-electron chi connectivity index (χ0n) is 11.2. The average molecular weight is 246 g/mol. The summed E-state index contributed by atoms with van der Waals surface area (Å²) in [6.07, 6.45) is 5.49. The fourth-order valence-corrected chi connectivity index (χ4v) is 1.60. The lowest BCUT2D eigenvalue weighted by Gasteiger charge is -2.18. The largest absolute Gasteiger partial charge is 0.363 e. The maximum Gasteiger partial charge on any atom is 0.227 e. The van der Waals surface area contributed by atoms with E-state index in [2.05, 4.69) is 15.0 Å². The van der Waals surface area contributed by atoms with Crippen molar-refractivity contribution in [2.75, 3.05) is 30.9 Å². The lowest BCUT2D eigenvalue weighted by Crippen LogP contribution is -2.22. The molecule has 96 valence electrons. The zero-order chi connectivity index (χ0) is 13.1. The predicted molar refractivity (Wildman–Crippen MR) is 71.7 cm³/mol. The van der Waals surface area contributed by atoms with Crippen molar-refractivity contribution in [2.24, 2.45) is 7.05 Å². The van der Waals surface area contributed by atoms with Gasteiger partial charge in [-0.2, -0.15) is 4.98 Å². The summed E-state index contributed by atoms with van der Waals surface area (Å²) in [5, 5.41) is 0. The van der Waals surface area contributed by atoms with E-state index >= 15 is 0 Å². The van der Waals surface area contributed by atoms with Crippen LogP contribution in [0, 0.1) is 0 Å². The first-order valence-corrected chi connectivity index (χ1v) is 5.75. The molecule has 0 radical (unpaired) electrons. The van der Waals surface area contributed by atoms with Gasteiger partial charge in [0.05, 0.1) is 6.54 Å². The molecule has 0 aliphatic heterocycles. The van der Waals surface area contributed by atoms with Gasteiger partial charge in [0.15, 0.2) is 0 Å². The Balaban J connectivity index is 2.16. The van der Waals surface area contributed by atoms with Crippen molar-refractivity contribution in [3.8, 4) is 0 Å². The molecule has 18 heavy (non-hydrogen) atoms. The average Bonchev–Trinajstić information content (AvgIpc) is 2.75. The number of aryl methyl sites for hydroxylation is 1. The number of imidazole rings is 1. The standard InChI is InChI=1S/C12H18N6/c1-16(2)10-5-6-14-12(15-10)18(4)9-11-13-7-8-17(11)3/h5-8H,9H2,1-4H3. The van der Waals surface area contributed by atoms with Crippen LogP contribution in [0.5, 0.6) is 0 Å². The van der Waals surface area contributed by atoms with Crippen molar-refractivity contribution in [3.63, 3.8) is 0 Å². The molecular weight excluding hydrogens is 228 g/mol. The van der Waals surface area contributed by atoms with Gasteiger partial charge in [-0.1, -0.05) is 0 Å². The molecule has 0 N–H and O–H groups in total. The van der Waals surface area contributed by atoms with Crippen molar-refractivity contribution >= 4 is 11.8 Å². The van der Waals surface area contributed by atoms with Crippen LogP contribution in [-0.4, -0.2) is 40.7 Å². The molecule has 0 atom stereocenters. The van der Waals surface area contributed by atoms with E-state index in [1.807, 2.05) is 54.8 Å². The highest BCUT2D eigenvalue weighted by Gasteiger charge is 2.09. The van der Waals surface area contributed by atoms with Gasteiger partial charge in [0.2, 0.25) is 5.95 Å². The second kappa shape index (κ2) is 5.03. The highest BCUT2D eigenvalue weighted by molar-refractivity contribution is 5.41. The van der Waals surface area contributed by atoms with Gasteiger partial charge < -0.3 is 14.4 Å². The second-order valence-electron chi connectivity index (χ2n) is 4.42. The van der Waals surface area contributed by atoms with Gasteiger partial charge in [0.25, 0.3) is 0 Å². The van der Waals surface area contributed by atoms with Crippen LogP contribution in [0.3, 0.4) is 0 Å². The second-order valence-corrected chi connectivity index (χ2v) is 4.42. The van der Waals surface area contributed by atoms with Gasteiger partial charge in [-0.3, -0.25) is 0 Å². The summed E-state index contributed by atoms with van der Waals surface area (Å²) in [5.74, 6) is 2.58. The molecule has 0 aliphatic rings. The molecule has 0 fully saturated rings. The Morgan fingerprint density at radius 2 is 1.94 bits per heavy atom. The van der Waals surface area contributed by atoms with Crippen molar-refractivity contribution in [2.45, 2.75) is 6.54 Å². The highest BCUT2D eigenvalue weighted by atomic mass is 15.3. The molecule has 6 nitrogen and oxygen atoms in total. The number of rotatable bonds is 4. The van der Waals surface area contributed by atoms with Crippen molar-refractivity contribution in [3.05, 3.63) is 30.5 Å². The summed E-state index contributed by atoms with van der Waals surface area (Å²) >= 11 is 0. The summed E-state index contributed by atoms with van der Waals surface area (Å²) in [6, 6.07) is 1.89. The van der Waals surface area contributed by atoms with E-state index in [9.17, 15) is 0 Å². The maximum atomic E-state index is 4.49. The number of hydrogen-bond donors (Lipinski definition) is 0. The molecule has 0 amide bonds. The quantitative estimate of drug-likeness (QED) is 0.802. The number of hydrogen-bond acceptors (Lipinski definition) is 5. The van der Waals surface area contributed by atoms with E-state index in [0.29, 0.717) is 12.5 Å².